The minimum atomic E-state index is 0.265. The summed E-state index contributed by atoms with van der Waals surface area (Å²) in [6, 6.07) is 19.1. The molecule has 0 aliphatic rings. The van der Waals surface area contributed by atoms with E-state index in [1.807, 2.05) is 54.6 Å². The van der Waals surface area contributed by atoms with Gasteiger partial charge < -0.3 is 10.7 Å². The average molecular weight is 313 g/mol. The van der Waals surface area contributed by atoms with Crippen LogP contribution in [0.3, 0.4) is 0 Å². The Kier molecular flexibility index (Phi) is 3.31. The second-order valence-electron chi connectivity index (χ2n) is 5.49. The van der Waals surface area contributed by atoms with Crippen LogP contribution in [0.1, 0.15) is 11.4 Å². The molecule has 0 amide bonds. The number of hydrogen-bond donors (Lipinski definition) is 3. The predicted molar refractivity (Wildman–Crippen MR) is 96.1 cm³/mol. The molecule has 0 saturated carbocycles. The molecular formula is C19H15N5. The van der Waals surface area contributed by atoms with E-state index >= 15 is 0 Å². The number of aromatic amines is 1. The molecule has 0 bridgehead atoms. The lowest BCUT2D eigenvalue weighted by atomic mass is 10.1. The molecule has 0 fully saturated rings. The summed E-state index contributed by atoms with van der Waals surface area (Å²) in [4.78, 5) is 12.1. The highest BCUT2D eigenvalue weighted by Gasteiger charge is 2.14. The molecule has 4 N–H and O–H groups in total. The van der Waals surface area contributed by atoms with E-state index in [1.165, 1.54) is 0 Å². The number of nitrogen functional groups attached to an aromatic ring is 1. The minimum absolute atomic E-state index is 0.265. The van der Waals surface area contributed by atoms with Gasteiger partial charge in [0.2, 0.25) is 0 Å². The third kappa shape index (κ3) is 2.42. The van der Waals surface area contributed by atoms with Gasteiger partial charge in [0.05, 0.1) is 22.8 Å². The fourth-order valence-corrected chi connectivity index (χ4v) is 2.66. The number of H-pyrrole nitrogens is 1. The fraction of sp³-hybridized carbons (Fsp3) is 0. The number of benzene rings is 1. The van der Waals surface area contributed by atoms with E-state index < -0.39 is 0 Å². The van der Waals surface area contributed by atoms with Gasteiger partial charge in [-0.3, -0.25) is 10.4 Å². The van der Waals surface area contributed by atoms with Crippen LogP contribution in [-0.2, 0) is 0 Å². The van der Waals surface area contributed by atoms with Gasteiger partial charge in [0.15, 0.2) is 0 Å². The molecule has 5 nitrogen and oxygen atoms in total. The van der Waals surface area contributed by atoms with Crippen molar-refractivity contribution in [3.63, 3.8) is 0 Å². The zero-order valence-corrected chi connectivity index (χ0v) is 12.8. The smallest absolute Gasteiger partial charge is 0.114 e. The van der Waals surface area contributed by atoms with Crippen LogP contribution < -0.4 is 5.73 Å². The molecule has 4 rings (SSSR count). The Morgan fingerprint density at radius 3 is 2.58 bits per heavy atom. The fourth-order valence-electron chi connectivity index (χ4n) is 2.66. The standard InChI is InChI=1S/C19H15N5/c20-13-8-9-16(15-7-3-4-10-22-15)24-19(13)18(21)17-11-12-5-1-2-6-14(12)23-17/h1-11,21,23H,20H2. The molecule has 0 atom stereocenters. The highest BCUT2D eigenvalue weighted by molar-refractivity contribution is 6.13. The lowest BCUT2D eigenvalue weighted by molar-refractivity contribution is 1.22. The van der Waals surface area contributed by atoms with Gasteiger partial charge in [-0.1, -0.05) is 24.3 Å². The Morgan fingerprint density at radius 2 is 1.79 bits per heavy atom. The first-order valence-electron chi connectivity index (χ1n) is 7.57. The van der Waals surface area contributed by atoms with Crippen molar-refractivity contribution < 1.29 is 0 Å². The van der Waals surface area contributed by atoms with Crippen LogP contribution in [0.2, 0.25) is 0 Å². The number of nitrogens with two attached hydrogens (primary N) is 1. The SMILES string of the molecule is N=C(c1cc2ccccc2[nH]1)c1nc(-c2ccccn2)ccc1N. The summed E-state index contributed by atoms with van der Waals surface area (Å²) >= 11 is 0. The number of nitrogens with one attached hydrogen (secondary N) is 2. The van der Waals surface area contributed by atoms with Crippen LogP contribution in [0.5, 0.6) is 0 Å². The van der Waals surface area contributed by atoms with E-state index in [1.54, 1.807) is 12.3 Å². The highest BCUT2D eigenvalue weighted by Crippen LogP contribution is 2.22. The Labute approximate surface area is 138 Å². The Morgan fingerprint density at radius 1 is 0.958 bits per heavy atom. The van der Waals surface area contributed by atoms with Crippen molar-refractivity contribution in [2.24, 2.45) is 0 Å². The molecule has 0 spiro atoms. The number of hydrogen-bond acceptors (Lipinski definition) is 4. The van der Waals surface area contributed by atoms with Gasteiger partial charge >= 0.3 is 0 Å². The van der Waals surface area contributed by atoms with E-state index in [2.05, 4.69) is 15.0 Å². The second kappa shape index (κ2) is 5.62. The van der Waals surface area contributed by atoms with Crippen molar-refractivity contribution >= 4 is 22.3 Å². The summed E-state index contributed by atoms with van der Waals surface area (Å²) in [5.41, 5.74) is 10.4. The Bertz CT molecular complexity index is 1000. The average Bonchev–Trinajstić information content (AvgIpc) is 3.06. The van der Waals surface area contributed by atoms with Gasteiger partial charge in [0.25, 0.3) is 0 Å². The van der Waals surface area contributed by atoms with Gasteiger partial charge in [-0.05, 0) is 36.4 Å². The van der Waals surface area contributed by atoms with E-state index in [0.29, 0.717) is 22.8 Å². The molecule has 0 aliphatic carbocycles. The van der Waals surface area contributed by atoms with Crippen molar-refractivity contribution in [1.29, 1.82) is 5.41 Å². The number of rotatable bonds is 3. The van der Waals surface area contributed by atoms with Crippen LogP contribution in [0, 0.1) is 5.41 Å². The lowest BCUT2D eigenvalue weighted by Crippen LogP contribution is -2.09. The lowest BCUT2D eigenvalue weighted by Gasteiger charge is -2.08. The summed E-state index contributed by atoms with van der Waals surface area (Å²) < 4.78 is 0. The quantitative estimate of drug-likeness (QED) is 0.504. The molecule has 0 unspecified atom stereocenters. The summed E-state index contributed by atoms with van der Waals surface area (Å²) in [7, 11) is 0. The van der Waals surface area contributed by atoms with E-state index in [-0.39, 0.29) is 5.71 Å². The Balaban J connectivity index is 1.79. The first-order chi connectivity index (χ1) is 11.7. The monoisotopic (exact) mass is 313 g/mol. The van der Waals surface area contributed by atoms with Crippen LogP contribution >= 0.6 is 0 Å². The normalized spacial score (nSPS) is 10.8. The molecule has 24 heavy (non-hydrogen) atoms. The highest BCUT2D eigenvalue weighted by atomic mass is 14.8. The molecule has 3 aromatic heterocycles. The van der Waals surface area contributed by atoms with Crippen molar-refractivity contribution in [1.82, 2.24) is 15.0 Å². The molecule has 1 aromatic carbocycles. The zero-order valence-electron chi connectivity index (χ0n) is 12.8. The van der Waals surface area contributed by atoms with Crippen molar-refractivity contribution in [3.05, 3.63) is 78.2 Å². The zero-order chi connectivity index (χ0) is 16.5. The maximum absolute atomic E-state index is 8.51. The largest absolute Gasteiger partial charge is 0.397 e. The van der Waals surface area contributed by atoms with Gasteiger partial charge in [-0.15, -0.1) is 0 Å². The van der Waals surface area contributed by atoms with E-state index in [0.717, 1.165) is 16.6 Å². The van der Waals surface area contributed by atoms with Crippen LogP contribution in [-0.4, -0.2) is 20.7 Å². The molecule has 116 valence electrons. The third-order valence-electron chi connectivity index (χ3n) is 3.89. The summed E-state index contributed by atoms with van der Waals surface area (Å²) in [6.45, 7) is 0. The molecule has 3 heterocycles. The van der Waals surface area contributed by atoms with Crippen molar-refractivity contribution in [2.75, 3.05) is 5.73 Å². The summed E-state index contributed by atoms with van der Waals surface area (Å²) in [5.74, 6) is 0. The predicted octanol–water partition coefficient (Wildman–Crippen LogP) is 3.62. The maximum atomic E-state index is 8.51. The van der Waals surface area contributed by atoms with E-state index in [4.69, 9.17) is 11.1 Å². The first kappa shape index (κ1) is 14.1. The van der Waals surface area contributed by atoms with Crippen LogP contribution in [0.15, 0.2) is 66.9 Å². The molecular weight excluding hydrogens is 298 g/mol. The Hall–Kier alpha value is -3.47. The van der Waals surface area contributed by atoms with E-state index in [9.17, 15) is 0 Å². The molecule has 5 heteroatoms. The molecule has 0 aliphatic heterocycles. The number of anilines is 1. The van der Waals surface area contributed by atoms with Gasteiger partial charge in [0.1, 0.15) is 11.4 Å². The van der Waals surface area contributed by atoms with Gasteiger partial charge in [-0.2, -0.15) is 0 Å². The number of fused-ring (bicyclic) bond motifs is 1. The molecule has 0 radical (unpaired) electrons. The maximum Gasteiger partial charge on any atom is 0.114 e. The third-order valence-corrected chi connectivity index (χ3v) is 3.89. The molecule has 4 aromatic rings. The number of pyridine rings is 2. The van der Waals surface area contributed by atoms with Gasteiger partial charge in [0, 0.05) is 17.1 Å². The topological polar surface area (TPSA) is 91.4 Å². The number of aromatic nitrogens is 3. The first-order valence-corrected chi connectivity index (χ1v) is 7.57. The minimum Gasteiger partial charge on any atom is -0.397 e. The van der Waals surface area contributed by atoms with Crippen molar-refractivity contribution in [3.8, 4) is 11.4 Å². The van der Waals surface area contributed by atoms with Crippen molar-refractivity contribution in [2.45, 2.75) is 0 Å². The summed E-state index contributed by atoms with van der Waals surface area (Å²) in [6.07, 6.45) is 1.72. The van der Waals surface area contributed by atoms with Crippen LogP contribution in [0.4, 0.5) is 5.69 Å². The second-order valence-corrected chi connectivity index (χ2v) is 5.49. The number of nitrogens with zero attached hydrogens (tertiary/aromatic N) is 2. The van der Waals surface area contributed by atoms with Crippen LogP contribution in [0.25, 0.3) is 22.3 Å². The number of para-hydroxylation sites is 1. The molecule has 0 saturated heterocycles. The van der Waals surface area contributed by atoms with Gasteiger partial charge in [-0.25, -0.2) is 4.98 Å². The summed E-state index contributed by atoms with van der Waals surface area (Å²) in [5, 5.41) is 9.56.